The molecular weight excluding hydrogens is 262 g/mol. The van der Waals surface area contributed by atoms with E-state index in [9.17, 15) is 0 Å². The molecule has 2 rings (SSSR count). The number of hydrogen-bond donors (Lipinski definition) is 1. The largest absolute Gasteiger partial charge is 0.496 e. The van der Waals surface area contributed by atoms with E-state index >= 15 is 0 Å². The van der Waals surface area contributed by atoms with Crippen LogP contribution in [0.15, 0.2) is 48.5 Å². The highest BCUT2D eigenvalue weighted by Crippen LogP contribution is 2.30. The van der Waals surface area contributed by atoms with Crippen LogP contribution in [0.5, 0.6) is 11.5 Å². The molecule has 0 spiro atoms. The van der Waals surface area contributed by atoms with Gasteiger partial charge in [0.15, 0.2) is 0 Å². The predicted octanol–water partition coefficient (Wildman–Crippen LogP) is 4.66. The third kappa shape index (κ3) is 3.91. The number of rotatable bonds is 7. The third-order valence-corrected chi connectivity index (χ3v) is 3.43. The van der Waals surface area contributed by atoms with E-state index in [1.54, 1.807) is 7.11 Å². The first-order valence-corrected chi connectivity index (χ1v) is 7.40. The number of benzene rings is 2. The zero-order valence-electron chi connectivity index (χ0n) is 12.9. The molecule has 2 aromatic carbocycles. The van der Waals surface area contributed by atoms with Crippen LogP contribution in [-0.4, -0.2) is 13.7 Å². The summed E-state index contributed by atoms with van der Waals surface area (Å²) < 4.78 is 10.9. The Kier molecular flexibility index (Phi) is 5.50. The SMILES string of the molecule is CCOc1ccc(NC(CC)c2ccccc2OC)cc1. The zero-order valence-corrected chi connectivity index (χ0v) is 12.9. The molecule has 3 nitrogen and oxygen atoms in total. The lowest BCUT2D eigenvalue weighted by Crippen LogP contribution is -2.10. The molecule has 1 unspecified atom stereocenters. The zero-order chi connectivity index (χ0) is 15.1. The van der Waals surface area contributed by atoms with Gasteiger partial charge in [0, 0.05) is 11.3 Å². The maximum Gasteiger partial charge on any atom is 0.124 e. The van der Waals surface area contributed by atoms with E-state index in [0.29, 0.717) is 6.61 Å². The summed E-state index contributed by atoms with van der Waals surface area (Å²) in [6.45, 7) is 4.84. The Hall–Kier alpha value is -2.16. The Balaban J connectivity index is 2.15. The Labute approximate surface area is 126 Å². The highest BCUT2D eigenvalue weighted by molar-refractivity contribution is 5.50. The maximum atomic E-state index is 5.47. The fourth-order valence-corrected chi connectivity index (χ4v) is 2.37. The van der Waals surface area contributed by atoms with Crippen LogP contribution in [0.3, 0.4) is 0 Å². The van der Waals surface area contributed by atoms with Crippen molar-refractivity contribution >= 4 is 5.69 Å². The van der Waals surface area contributed by atoms with Crippen LogP contribution in [0, 0.1) is 0 Å². The molecule has 0 fully saturated rings. The van der Waals surface area contributed by atoms with Crippen LogP contribution in [0.2, 0.25) is 0 Å². The molecular formula is C18H23NO2. The predicted molar refractivity (Wildman–Crippen MR) is 87.3 cm³/mol. The molecule has 0 aliphatic rings. The standard InChI is InChI=1S/C18H23NO2/c1-4-17(16-8-6-7-9-18(16)20-3)19-14-10-12-15(13-11-14)21-5-2/h6-13,17,19H,4-5H2,1-3H3. The van der Waals surface area contributed by atoms with E-state index in [1.807, 2.05) is 49.4 Å². The van der Waals surface area contributed by atoms with Gasteiger partial charge >= 0.3 is 0 Å². The number of nitrogens with one attached hydrogen (secondary N) is 1. The molecule has 21 heavy (non-hydrogen) atoms. The van der Waals surface area contributed by atoms with Crippen LogP contribution in [0.1, 0.15) is 31.9 Å². The molecule has 2 aromatic rings. The summed E-state index contributed by atoms with van der Waals surface area (Å²) in [6, 6.07) is 16.4. The summed E-state index contributed by atoms with van der Waals surface area (Å²) >= 11 is 0. The molecule has 0 saturated heterocycles. The Morgan fingerprint density at radius 3 is 2.33 bits per heavy atom. The average Bonchev–Trinajstić information content (AvgIpc) is 2.54. The lowest BCUT2D eigenvalue weighted by Gasteiger charge is -2.21. The molecule has 3 heteroatoms. The van der Waals surface area contributed by atoms with Gasteiger partial charge in [0.05, 0.1) is 19.8 Å². The number of hydrogen-bond acceptors (Lipinski definition) is 3. The van der Waals surface area contributed by atoms with E-state index in [0.717, 1.165) is 23.6 Å². The summed E-state index contributed by atoms with van der Waals surface area (Å²) in [4.78, 5) is 0. The normalized spacial score (nSPS) is 11.8. The van der Waals surface area contributed by atoms with Gasteiger partial charge in [-0.3, -0.25) is 0 Å². The molecule has 0 aliphatic carbocycles. The minimum absolute atomic E-state index is 0.221. The minimum atomic E-state index is 0.221. The van der Waals surface area contributed by atoms with Crippen molar-refractivity contribution in [3.8, 4) is 11.5 Å². The number of anilines is 1. The lowest BCUT2D eigenvalue weighted by atomic mass is 10.0. The summed E-state index contributed by atoms with van der Waals surface area (Å²) in [5.41, 5.74) is 2.26. The van der Waals surface area contributed by atoms with Crippen LogP contribution < -0.4 is 14.8 Å². The number of ether oxygens (including phenoxy) is 2. The van der Waals surface area contributed by atoms with Gasteiger partial charge in [0.25, 0.3) is 0 Å². The second kappa shape index (κ2) is 7.58. The van der Waals surface area contributed by atoms with Gasteiger partial charge in [-0.25, -0.2) is 0 Å². The molecule has 112 valence electrons. The van der Waals surface area contributed by atoms with E-state index < -0.39 is 0 Å². The van der Waals surface area contributed by atoms with Crippen molar-refractivity contribution in [3.05, 3.63) is 54.1 Å². The fraction of sp³-hybridized carbons (Fsp3) is 0.333. The summed E-state index contributed by atoms with van der Waals surface area (Å²) in [5.74, 6) is 1.82. The molecule has 1 atom stereocenters. The van der Waals surface area contributed by atoms with Crippen LogP contribution in [0.25, 0.3) is 0 Å². The molecule has 1 N–H and O–H groups in total. The smallest absolute Gasteiger partial charge is 0.124 e. The van der Waals surface area contributed by atoms with Crippen molar-refractivity contribution in [1.29, 1.82) is 0 Å². The molecule has 0 aromatic heterocycles. The molecule has 0 amide bonds. The molecule has 0 saturated carbocycles. The highest BCUT2D eigenvalue weighted by Gasteiger charge is 2.13. The second-order valence-corrected chi connectivity index (χ2v) is 4.80. The molecule has 0 heterocycles. The topological polar surface area (TPSA) is 30.5 Å². The van der Waals surface area contributed by atoms with E-state index in [2.05, 4.69) is 18.3 Å². The summed E-state index contributed by atoms with van der Waals surface area (Å²) in [7, 11) is 1.71. The minimum Gasteiger partial charge on any atom is -0.496 e. The fourth-order valence-electron chi connectivity index (χ4n) is 2.37. The third-order valence-electron chi connectivity index (χ3n) is 3.43. The van der Waals surface area contributed by atoms with Gasteiger partial charge in [0.2, 0.25) is 0 Å². The van der Waals surface area contributed by atoms with Crippen molar-refractivity contribution in [2.75, 3.05) is 19.0 Å². The quantitative estimate of drug-likeness (QED) is 0.802. The van der Waals surface area contributed by atoms with Crippen LogP contribution in [-0.2, 0) is 0 Å². The average molecular weight is 285 g/mol. The second-order valence-electron chi connectivity index (χ2n) is 4.80. The van der Waals surface area contributed by atoms with E-state index in [4.69, 9.17) is 9.47 Å². The van der Waals surface area contributed by atoms with Gasteiger partial charge in [-0.1, -0.05) is 25.1 Å². The van der Waals surface area contributed by atoms with Crippen LogP contribution >= 0.6 is 0 Å². The van der Waals surface area contributed by atoms with Crippen LogP contribution in [0.4, 0.5) is 5.69 Å². The summed E-state index contributed by atoms with van der Waals surface area (Å²) in [6.07, 6.45) is 0.980. The van der Waals surface area contributed by atoms with Crippen molar-refractivity contribution < 1.29 is 9.47 Å². The van der Waals surface area contributed by atoms with Crippen molar-refractivity contribution in [3.63, 3.8) is 0 Å². The van der Waals surface area contributed by atoms with Gasteiger partial charge < -0.3 is 14.8 Å². The van der Waals surface area contributed by atoms with Crippen molar-refractivity contribution in [1.82, 2.24) is 0 Å². The van der Waals surface area contributed by atoms with Gasteiger partial charge in [-0.15, -0.1) is 0 Å². The first kappa shape index (κ1) is 15.2. The first-order chi connectivity index (χ1) is 10.3. The Morgan fingerprint density at radius 2 is 1.71 bits per heavy atom. The van der Waals surface area contributed by atoms with Gasteiger partial charge in [0.1, 0.15) is 11.5 Å². The molecule has 0 bridgehead atoms. The van der Waals surface area contributed by atoms with Gasteiger partial charge in [-0.05, 0) is 43.7 Å². The lowest BCUT2D eigenvalue weighted by molar-refractivity contribution is 0.340. The van der Waals surface area contributed by atoms with Gasteiger partial charge in [-0.2, -0.15) is 0 Å². The molecule has 0 radical (unpaired) electrons. The Bertz CT molecular complexity index is 551. The maximum absolute atomic E-state index is 5.47. The number of para-hydroxylation sites is 1. The van der Waals surface area contributed by atoms with E-state index in [1.165, 1.54) is 5.56 Å². The first-order valence-electron chi connectivity index (χ1n) is 7.40. The van der Waals surface area contributed by atoms with Crippen molar-refractivity contribution in [2.45, 2.75) is 26.3 Å². The number of methoxy groups -OCH3 is 1. The summed E-state index contributed by atoms with van der Waals surface area (Å²) in [5, 5.41) is 3.55. The highest BCUT2D eigenvalue weighted by atomic mass is 16.5. The Morgan fingerprint density at radius 1 is 1.00 bits per heavy atom. The molecule has 0 aliphatic heterocycles. The monoisotopic (exact) mass is 285 g/mol. The van der Waals surface area contributed by atoms with Crippen molar-refractivity contribution in [2.24, 2.45) is 0 Å². The van der Waals surface area contributed by atoms with E-state index in [-0.39, 0.29) is 6.04 Å².